The minimum atomic E-state index is 0.241. The molecule has 2 heterocycles. The molecular weight excluding hydrogens is 222 g/mol. The summed E-state index contributed by atoms with van der Waals surface area (Å²) in [7, 11) is 0. The van der Waals surface area contributed by atoms with Crippen molar-refractivity contribution >= 4 is 5.82 Å². The summed E-state index contributed by atoms with van der Waals surface area (Å²) >= 11 is 0. The summed E-state index contributed by atoms with van der Waals surface area (Å²) in [6.07, 6.45) is 7.34. The van der Waals surface area contributed by atoms with Crippen LogP contribution in [0.25, 0.3) is 0 Å². The van der Waals surface area contributed by atoms with Crippen molar-refractivity contribution in [3.63, 3.8) is 0 Å². The van der Waals surface area contributed by atoms with Crippen LogP contribution in [0.4, 0.5) is 5.82 Å². The van der Waals surface area contributed by atoms with Crippen molar-refractivity contribution in [3.8, 4) is 12.3 Å². The third-order valence-corrected chi connectivity index (χ3v) is 3.47. The second kappa shape index (κ2) is 4.99. The highest BCUT2D eigenvalue weighted by Gasteiger charge is 2.26. The maximum Gasteiger partial charge on any atom is 0.144 e. The molecule has 0 aliphatic carbocycles. The van der Waals surface area contributed by atoms with Crippen LogP contribution in [0, 0.1) is 12.3 Å². The minimum absolute atomic E-state index is 0.241. The van der Waals surface area contributed by atoms with Gasteiger partial charge in [0.2, 0.25) is 0 Å². The van der Waals surface area contributed by atoms with Crippen LogP contribution in [0.15, 0.2) is 18.3 Å². The molecule has 0 atom stereocenters. The Morgan fingerprint density at radius 2 is 1.89 bits per heavy atom. The Labute approximate surface area is 110 Å². The fourth-order valence-corrected chi connectivity index (χ4v) is 2.35. The van der Waals surface area contributed by atoms with Crippen LogP contribution in [-0.4, -0.2) is 41.6 Å². The van der Waals surface area contributed by atoms with E-state index in [2.05, 4.69) is 41.5 Å². The van der Waals surface area contributed by atoms with Gasteiger partial charge in [0.25, 0.3) is 0 Å². The van der Waals surface area contributed by atoms with Gasteiger partial charge in [0.05, 0.1) is 5.56 Å². The van der Waals surface area contributed by atoms with Crippen molar-refractivity contribution in [2.75, 3.05) is 31.1 Å². The highest BCUT2D eigenvalue weighted by Crippen LogP contribution is 2.21. The van der Waals surface area contributed by atoms with Crippen LogP contribution in [0.5, 0.6) is 0 Å². The van der Waals surface area contributed by atoms with Gasteiger partial charge in [-0.2, -0.15) is 0 Å². The number of terminal acetylenes is 1. The molecule has 18 heavy (non-hydrogen) atoms. The van der Waals surface area contributed by atoms with E-state index in [9.17, 15) is 0 Å². The van der Waals surface area contributed by atoms with Gasteiger partial charge in [-0.15, -0.1) is 6.42 Å². The number of hydrogen-bond acceptors (Lipinski definition) is 3. The van der Waals surface area contributed by atoms with Gasteiger partial charge >= 0.3 is 0 Å². The fourth-order valence-electron chi connectivity index (χ4n) is 2.35. The lowest BCUT2D eigenvalue weighted by Crippen LogP contribution is -2.53. The summed E-state index contributed by atoms with van der Waals surface area (Å²) in [4.78, 5) is 9.22. The second-order valence-electron chi connectivity index (χ2n) is 5.66. The van der Waals surface area contributed by atoms with Crippen LogP contribution >= 0.6 is 0 Å². The molecule has 0 saturated carbocycles. The van der Waals surface area contributed by atoms with E-state index < -0.39 is 0 Å². The highest BCUT2D eigenvalue weighted by atomic mass is 15.3. The van der Waals surface area contributed by atoms with Crippen molar-refractivity contribution in [3.05, 3.63) is 23.9 Å². The lowest BCUT2D eigenvalue weighted by Gasteiger charge is -2.42. The summed E-state index contributed by atoms with van der Waals surface area (Å²) in [6.45, 7) is 10.9. The van der Waals surface area contributed by atoms with E-state index >= 15 is 0 Å². The van der Waals surface area contributed by atoms with E-state index in [1.807, 2.05) is 18.3 Å². The Balaban J connectivity index is 2.09. The van der Waals surface area contributed by atoms with Crippen LogP contribution in [0.2, 0.25) is 0 Å². The Hall–Kier alpha value is -1.53. The summed E-state index contributed by atoms with van der Waals surface area (Å²) in [5, 5.41) is 0. The van der Waals surface area contributed by atoms with E-state index in [1.165, 1.54) is 0 Å². The van der Waals surface area contributed by atoms with Gasteiger partial charge < -0.3 is 4.90 Å². The van der Waals surface area contributed by atoms with Crippen molar-refractivity contribution < 1.29 is 0 Å². The molecule has 1 aromatic rings. The Bertz CT molecular complexity index is 446. The molecule has 0 radical (unpaired) electrons. The Kier molecular flexibility index (Phi) is 3.58. The van der Waals surface area contributed by atoms with E-state index in [0.29, 0.717) is 0 Å². The number of rotatable bonds is 1. The van der Waals surface area contributed by atoms with Crippen LogP contribution in [0.3, 0.4) is 0 Å². The molecule has 2 rings (SSSR count). The number of pyridine rings is 1. The molecule has 0 N–H and O–H groups in total. The van der Waals surface area contributed by atoms with Gasteiger partial charge in [-0.05, 0) is 32.9 Å². The topological polar surface area (TPSA) is 19.4 Å². The predicted molar refractivity (Wildman–Crippen MR) is 75.7 cm³/mol. The second-order valence-corrected chi connectivity index (χ2v) is 5.66. The summed E-state index contributed by atoms with van der Waals surface area (Å²) in [5.41, 5.74) is 1.13. The SMILES string of the molecule is C#Cc1cccnc1N1CCN(C(C)(C)C)CC1. The van der Waals surface area contributed by atoms with E-state index in [4.69, 9.17) is 6.42 Å². The summed E-state index contributed by atoms with van der Waals surface area (Å²) < 4.78 is 0. The highest BCUT2D eigenvalue weighted by molar-refractivity contribution is 5.55. The molecule has 3 nitrogen and oxygen atoms in total. The predicted octanol–water partition coefficient (Wildman–Crippen LogP) is 1.98. The number of nitrogens with zero attached hydrogens (tertiary/aromatic N) is 3. The molecule has 3 heteroatoms. The molecule has 1 aliphatic rings. The molecule has 0 unspecified atom stereocenters. The van der Waals surface area contributed by atoms with Crippen molar-refractivity contribution in [2.24, 2.45) is 0 Å². The molecule has 96 valence electrons. The zero-order valence-electron chi connectivity index (χ0n) is 11.5. The maximum absolute atomic E-state index is 5.53. The molecule has 1 fully saturated rings. The molecule has 0 spiro atoms. The normalized spacial score (nSPS) is 17.6. The monoisotopic (exact) mass is 243 g/mol. The van der Waals surface area contributed by atoms with Crippen LogP contribution < -0.4 is 4.90 Å². The van der Waals surface area contributed by atoms with Gasteiger partial charge in [0.15, 0.2) is 0 Å². The molecule has 0 amide bonds. The minimum Gasteiger partial charge on any atom is -0.353 e. The molecule has 1 aromatic heterocycles. The summed E-state index contributed by atoms with van der Waals surface area (Å²) in [5.74, 6) is 3.67. The standard InChI is InChI=1S/C15H21N3/c1-5-13-7-6-8-16-14(13)17-9-11-18(12-10-17)15(2,3)4/h1,6-8H,9-12H2,2-4H3. The van der Waals surface area contributed by atoms with E-state index in [-0.39, 0.29) is 5.54 Å². The molecule has 1 saturated heterocycles. The van der Waals surface area contributed by atoms with E-state index in [0.717, 1.165) is 37.6 Å². The number of hydrogen-bond donors (Lipinski definition) is 0. The molecule has 1 aliphatic heterocycles. The fraction of sp³-hybridized carbons (Fsp3) is 0.533. The van der Waals surface area contributed by atoms with Crippen molar-refractivity contribution in [1.82, 2.24) is 9.88 Å². The first-order chi connectivity index (χ1) is 8.52. The van der Waals surface area contributed by atoms with Gasteiger partial charge in [0.1, 0.15) is 5.82 Å². The Morgan fingerprint density at radius 3 is 2.44 bits per heavy atom. The smallest absolute Gasteiger partial charge is 0.144 e. The average molecular weight is 243 g/mol. The lowest BCUT2D eigenvalue weighted by atomic mass is 10.0. The van der Waals surface area contributed by atoms with Gasteiger partial charge in [-0.1, -0.05) is 5.92 Å². The third-order valence-electron chi connectivity index (χ3n) is 3.47. The van der Waals surface area contributed by atoms with Gasteiger partial charge in [0, 0.05) is 37.9 Å². The number of anilines is 1. The first-order valence-electron chi connectivity index (χ1n) is 6.44. The number of piperazine rings is 1. The summed E-state index contributed by atoms with van der Waals surface area (Å²) in [6, 6.07) is 3.85. The lowest BCUT2D eigenvalue weighted by molar-refractivity contribution is 0.128. The van der Waals surface area contributed by atoms with Gasteiger partial charge in [-0.3, -0.25) is 4.90 Å². The van der Waals surface area contributed by atoms with E-state index in [1.54, 1.807) is 0 Å². The van der Waals surface area contributed by atoms with Gasteiger partial charge in [-0.25, -0.2) is 4.98 Å². The quantitative estimate of drug-likeness (QED) is 0.703. The zero-order chi connectivity index (χ0) is 13.2. The zero-order valence-corrected chi connectivity index (χ0v) is 11.5. The first-order valence-corrected chi connectivity index (χ1v) is 6.44. The molecular formula is C15H21N3. The van der Waals surface area contributed by atoms with Crippen LogP contribution in [-0.2, 0) is 0 Å². The largest absolute Gasteiger partial charge is 0.353 e. The molecule has 0 bridgehead atoms. The van der Waals surface area contributed by atoms with Crippen molar-refractivity contribution in [1.29, 1.82) is 0 Å². The third kappa shape index (κ3) is 2.65. The first kappa shape index (κ1) is 12.9. The maximum atomic E-state index is 5.53. The number of aromatic nitrogens is 1. The van der Waals surface area contributed by atoms with Crippen LogP contribution in [0.1, 0.15) is 26.3 Å². The molecule has 0 aromatic carbocycles. The average Bonchev–Trinajstić information content (AvgIpc) is 2.38. The Morgan fingerprint density at radius 1 is 1.22 bits per heavy atom. The van der Waals surface area contributed by atoms with Crippen molar-refractivity contribution in [2.45, 2.75) is 26.3 Å².